The number of fused-ring (bicyclic) bond motifs is 3. The molecule has 1 amide bonds. The second kappa shape index (κ2) is 7.24. The SMILES string of the molecule is CC(NC(=O)c1cccc2c3c([nH]c12)CCCC3)c1ncc(-c2ccccc2)[nH]1. The number of hydrogen-bond acceptors (Lipinski definition) is 2. The van der Waals surface area contributed by atoms with Crippen molar-refractivity contribution in [1.82, 2.24) is 20.3 Å². The third-order valence-corrected chi connectivity index (χ3v) is 5.82. The number of aryl methyl sites for hydroxylation is 2. The quantitative estimate of drug-likeness (QED) is 0.467. The average molecular weight is 384 g/mol. The Hall–Kier alpha value is -3.34. The Morgan fingerprint density at radius 3 is 2.72 bits per heavy atom. The normalized spacial score (nSPS) is 14.5. The summed E-state index contributed by atoms with van der Waals surface area (Å²) >= 11 is 0. The van der Waals surface area contributed by atoms with Gasteiger partial charge in [-0.05, 0) is 49.8 Å². The van der Waals surface area contributed by atoms with Crippen LogP contribution in [0.25, 0.3) is 22.2 Å². The summed E-state index contributed by atoms with van der Waals surface area (Å²) in [7, 11) is 0. The summed E-state index contributed by atoms with van der Waals surface area (Å²) in [6.45, 7) is 1.95. The summed E-state index contributed by atoms with van der Waals surface area (Å²) in [6.07, 6.45) is 6.39. The molecule has 3 N–H and O–H groups in total. The van der Waals surface area contributed by atoms with Gasteiger partial charge in [0.15, 0.2) is 0 Å². The highest BCUT2D eigenvalue weighted by atomic mass is 16.1. The van der Waals surface area contributed by atoms with Gasteiger partial charge < -0.3 is 15.3 Å². The van der Waals surface area contributed by atoms with Crippen LogP contribution in [-0.2, 0) is 12.8 Å². The van der Waals surface area contributed by atoms with Gasteiger partial charge in [-0.15, -0.1) is 0 Å². The zero-order valence-corrected chi connectivity index (χ0v) is 16.5. The van der Waals surface area contributed by atoms with E-state index in [2.05, 4.69) is 26.3 Å². The summed E-state index contributed by atoms with van der Waals surface area (Å²) in [5, 5.41) is 4.28. The molecule has 5 rings (SSSR count). The predicted octanol–water partition coefficient (Wildman–Crippen LogP) is 4.93. The molecule has 0 saturated heterocycles. The molecule has 0 bridgehead atoms. The number of nitrogens with one attached hydrogen (secondary N) is 3. The summed E-state index contributed by atoms with van der Waals surface area (Å²) in [5.74, 6) is 0.662. The van der Waals surface area contributed by atoms with Gasteiger partial charge in [0.1, 0.15) is 5.82 Å². The predicted molar refractivity (Wildman–Crippen MR) is 115 cm³/mol. The van der Waals surface area contributed by atoms with Crippen molar-refractivity contribution in [3.63, 3.8) is 0 Å². The van der Waals surface area contributed by atoms with E-state index in [4.69, 9.17) is 0 Å². The number of benzene rings is 2. The molecule has 2 aromatic carbocycles. The summed E-state index contributed by atoms with van der Waals surface area (Å²) in [6, 6.07) is 15.8. The first kappa shape index (κ1) is 17.7. The number of carbonyl (C=O) groups is 1. The van der Waals surface area contributed by atoms with Crippen LogP contribution in [-0.4, -0.2) is 20.9 Å². The van der Waals surface area contributed by atoms with E-state index < -0.39 is 0 Å². The highest BCUT2D eigenvalue weighted by Crippen LogP contribution is 2.31. The maximum atomic E-state index is 13.1. The highest BCUT2D eigenvalue weighted by Gasteiger charge is 2.21. The van der Waals surface area contributed by atoms with Gasteiger partial charge in [0.25, 0.3) is 5.91 Å². The van der Waals surface area contributed by atoms with E-state index in [1.165, 1.54) is 29.5 Å². The van der Waals surface area contributed by atoms with Crippen molar-refractivity contribution in [2.24, 2.45) is 0 Å². The summed E-state index contributed by atoms with van der Waals surface area (Å²) in [4.78, 5) is 24.4. The number of aromatic nitrogens is 3. The van der Waals surface area contributed by atoms with E-state index in [-0.39, 0.29) is 11.9 Å². The van der Waals surface area contributed by atoms with Crippen LogP contribution < -0.4 is 5.32 Å². The van der Waals surface area contributed by atoms with Gasteiger partial charge in [0.2, 0.25) is 0 Å². The van der Waals surface area contributed by atoms with Crippen molar-refractivity contribution in [2.75, 3.05) is 0 Å². The number of imidazole rings is 1. The summed E-state index contributed by atoms with van der Waals surface area (Å²) in [5.41, 5.74) is 6.34. The van der Waals surface area contributed by atoms with Crippen molar-refractivity contribution in [3.05, 3.63) is 77.4 Å². The molecular weight excluding hydrogens is 360 g/mol. The standard InChI is InChI=1S/C24H24N4O/c1-15(23-25-14-21(28-23)16-8-3-2-4-9-16)26-24(29)19-12-7-11-18-17-10-5-6-13-20(17)27-22(18)19/h2-4,7-9,11-12,14-15,27H,5-6,10,13H2,1H3,(H,25,28)(H,26,29). The van der Waals surface area contributed by atoms with E-state index in [1.807, 2.05) is 55.6 Å². The Kier molecular flexibility index (Phi) is 4.43. The Labute approximate surface area is 169 Å². The molecule has 1 atom stereocenters. The van der Waals surface area contributed by atoms with E-state index >= 15 is 0 Å². The monoisotopic (exact) mass is 384 g/mol. The second-order valence-electron chi connectivity index (χ2n) is 7.76. The Morgan fingerprint density at radius 2 is 1.86 bits per heavy atom. The number of aromatic amines is 2. The molecule has 5 nitrogen and oxygen atoms in total. The van der Waals surface area contributed by atoms with Crippen molar-refractivity contribution in [2.45, 2.75) is 38.6 Å². The number of nitrogens with zero attached hydrogens (tertiary/aromatic N) is 1. The third kappa shape index (κ3) is 3.23. The minimum atomic E-state index is -0.222. The smallest absolute Gasteiger partial charge is 0.253 e. The topological polar surface area (TPSA) is 73.6 Å². The molecule has 0 fully saturated rings. The zero-order valence-electron chi connectivity index (χ0n) is 16.5. The highest BCUT2D eigenvalue weighted by molar-refractivity contribution is 6.07. The van der Waals surface area contributed by atoms with Crippen molar-refractivity contribution in [1.29, 1.82) is 0 Å². The molecule has 146 valence electrons. The fraction of sp³-hybridized carbons (Fsp3) is 0.250. The fourth-order valence-electron chi connectivity index (χ4n) is 4.28. The van der Waals surface area contributed by atoms with Crippen LogP contribution in [0.3, 0.4) is 0 Å². The van der Waals surface area contributed by atoms with Crippen LogP contribution in [0.2, 0.25) is 0 Å². The van der Waals surface area contributed by atoms with Crippen LogP contribution >= 0.6 is 0 Å². The zero-order chi connectivity index (χ0) is 19.8. The number of H-pyrrole nitrogens is 2. The Morgan fingerprint density at radius 1 is 1.03 bits per heavy atom. The largest absolute Gasteiger partial charge is 0.358 e. The lowest BCUT2D eigenvalue weighted by molar-refractivity contribution is 0.0940. The lowest BCUT2D eigenvalue weighted by Gasteiger charge is -2.12. The van der Waals surface area contributed by atoms with Crippen LogP contribution in [0, 0.1) is 0 Å². The van der Waals surface area contributed by atoms with Gasteiger partial charge >= 0.3 is 0 Å². The van der Waals surface area contributed by atoms with Crippen LogP contribution in [0.15, 0.2) is 54.7 Å². The molecule has 0 saturated carbocycles. The first-order valence-corrected chi connectivity index (χ1v) is 10.2. The van der Waals surface area contributed by atoms with Crippen LogP contribution in [0.1, 0.15) is 53.2 Å². The molecule has 1 unspecified atom stereocenters. The van der Waals surface area contributed by atoms with Crippen molar-refractivity contribution in [3.8, 4) is 11.3 Å². The van der Waals surface area contributed by atoms with Crippen molar-refractivity contribution >= 4 is 16.8 Å². The molecular formula is C24H24N4O. The molecule has 29 heavy (non-hydrogen) atoms. The maximum absolute atomic E-state index is 13.1. The Balaban J connectivity index is 1.39. The minimum absolute atomic E-state index is 0.0839. The molecule has 5 heteroatoms. The van der Waals surface area contributed by atoms with E-state index in [1.54, 1.807) is 0 Å². The fourth-order valence-corrected chi connectivity index (χ4v) is 4.28. The molecule has 0 aliphatic heterocycles. The van der Waals surface area contributed by atoms with E-state index in [9.17, 15) is 4.79 Å². The lowest BCUT2D eigenvalue weighted by atomic mass is 9.95. The number of amides is 1. The first-order valence-electron chi connectivity index (χ1n) is 10.2. The van der Waals surface area contributed by atoms with Crippen LogP contribution in [0.5, 0.6) is 0 Å². The maximum Gasteiger partial charge on any atom is 0.253 e. The summed E-state index contributed by atoms with van der Waals surface area (Å²) < 4.78 is 0. The van der Waals surface area contributed by atoms with Crippen LogP contribution in [0.4, 0.5) is 0 Å². The van der Waals surface area contributed by atoms with Gasteiger partial charge in [0, 0.05) is 11.1 Å². The first-order chi connectivity index (χ1) is 14.2. The van der Waals surface area contributed by atoms with E-state index in [0.717, 1.165) is 35.4 Å². The molecule has 1 aliphatic carbocycles. The van der Waals surface area contributed by atoms with Gasteiger partial charge in [-0.2, -0.15) is 0 Å². The van der Waals surface area contributed by atoms with Gasteiger partial charge in [0.05, 0.1) is 29.0 Å². The Bertz CT molecular complexity index is 1170. The van der Waals surface area contributed by atoms with Gasteiger partial charge in [-0.3, -0.25) is 4.79 Å². The van der Waals surface area contributed by atoms with Gasteiger partial charge in [-0.25, -0.2) is 4.98 Å². The van der Waals surface area contributed by atoms with Crippen molar-refractivity contribution < 1.29 is 4.79 Å². The van der Waals surface area contributed by atoms with E-state index in [0.29, 0.717) is 5.56 Å². The third-order valence-electron chi connectivity index (χ3n) is 5.82. The average Bonchev–Trinajstić information content (AvgIpc) is 3.39. The second-order valence-corrected chi connectivity index (χ2v) is 7.76. The number of para-hydroxylation sites is 1. The van der Waals surface area contributed by atoms with Gasteiger partial charge in [-0.1, -0.05) is 42.5 Å². The molecule has 2 heterocycles. The molecule has 2 aromatic heterocycles. The number of rotatable bonds is 4. The molecule has 1 aliphatic rings. The molecule has 4 aromatic rings. The lowest BCUT2D eigenvalue weighted by Crippen LogP contribution is -2.27. The number of carbonyl (C=O) groups excluding carboxylic acids is 1. The molecule has 0 spiro atoms. The molecule has 0 radical (unpaired) electrons. The number of hydrogen-bond donors (Lipinski definition) is 3. The minimum Gasteiger partial charge on any atom is -0.358 e.